The Morgan fingerprint density at radius 2 is 1.22 bits per heavy atom. The van der Waals surface area contributed by atoms with E-state index in [0.717, 1.165) is 28.7 Å². The molecule has 0 aliphatic carbocycles. The molecule has 0 saturated heterocycles. The lowest BCUT2D eigenvalue weighted by atomic mass is 10.0. The Labute approximate surface area is 219 Å². The van der Waals surface area contributed by atoms with Gasteiger partial charge in [-0.05, 0) is 47.7 Å². The quantitative estimate of drug-likeness (QED) is 0.250. The molecule has 0 aromatic heterocycles. The molecule has 0 aliphatic heterocycles. The van der Waals surface area contributed by atoms with Crippen LogP contribution in [0.4, 0.5) is 0 Å². The zero-order valence-corrected chi connectivity index (χ0v) is 21.1. The molecule has 4 rings (SSSR count). The van der Waals surface area contributed by atoms with Gasteiger partial charge < -0.3 is 15.2 Å². The molecule has 2 unspecified atom stereocenters. The molecule has 0 heterocycles. The first-order chi connectivity index (χ1) is 17.1. The maximum atomic E-state index is 13.0. The Morgan fingerprint density at radius 3 is 1.72 bits per heavy atom. The normalized spacial score (nSPS) is 12.4. The summed E-state index contributed by atoms with van der Waals surface area (Å²) in [6, 6.07) is 36.9. The summed E-state index contributed by atoms with van der Waals surface area (Å²) in [6.07, 6.45) is -0.226. The number of ether oxygens (including phenoxy) is 1. The van der Waals surface area contributed by atoms with Gasteiger partial charge in [-0.15, -0.1) is 12.4 Å². The first kappa shape index (κ1) is 27.2. The van der Waals surface area contributed by atoms with Gasteiger partial charge >= 0.3 is 5.97 Å². The number of carbonyl (C=O) groups excluding carboxylic acids is 1. The summed E-state index contributed by atoms with van der Waals surface area (Å²) in [4.78, 5) is 13.0. The molecule has 4 aromatic rings. The Bertz CT molecular complexity index is 1150. The van der Waals surface area contributed by atoms with Crippen molar-refractivity contribution in [1.29, 1.82) is 0 Å². The number of aliphatic hydroxyl groups is 1. The molecular formula is C31H32ClNO3. The first-order valence-electron chi connectivity index (χ1n) is 12.0. The van der Waals surface area contributed by atoms with Crippen molar-refractivity contribution in [3.8, 4) is 0 Å². The van der Waals surface area contributed by atoms with Crippen molar-refractivity contribution < 1.29 is 14.6 Å². The van der Waals surface area contributed by atoms with Crippen molar-refractivity contribution in [2.45, 2.75) is 31.6 Å². The van der Waals surface area contributed by atoms with Gasteiger partial charge in [0, 0.05) is 12.6 Å². The largest absolute Gasteiger partial charge is 0.449 e. The van der Waals surface area contributed by atoms with Gasteiger partial charge in [0.2, 0.25) is 0 Å². The van der Waals surface area contributed by atoms with Crippen LogP contribution in [0, 0.1) is 0 Å². The van der Waals surface area contributed by atoms with Gasteiger partial charge in [0.25, 0.3) is 0 Å². The van der Waals surface area contributed by atoms with Crippen molar-refractivity contribution in [3.63, 3.8) is 0 Å². The Kier molecular flexibility index (Phi) is 10.3. The fraction of sp³-hybridized carbons (Fsp3) is 0.194. The highest BCUT2D eigenvalue weighted by Crippen LogP contribution is 2.27. The van der Waals surface area contributed by atoms with Crippen LogP contribution in [0.3, 0.4) is 0 Å². The zero-order chi connectivity index (χ0) is 24.5. The molecule has 0 aliphatic rings. The van der Waals surface area contributed by atoms with Crippen molar-refractivity contribution in [2.75, 3.05) is 6.54 Å². The third-order valence-corrected chi connectivity index (χ3v) is 6.01. The topological polar surface area (TPSA) is 58.6 Å². The number of esters is 1. The lowest BCUT2D eigenvalue weighted by molar-refractivity contribution is 0.0378. The van der Waals surface area contributed by atoms with Crippen LogP contribution in [-0.4, -0.2) is 23.7 Å². The third-order valence-electron chi connectivity index (χ3n) is 6.01. The molecule has 2 N–H and O–H groups in total. The van der Waals surface area contributed by atoms with Crippen molar-refractivity contribution >= 4 is 18.4 Å². The van der Waals surface area contributed by atoms with Gasteiger partial charge in [0.1, 0.15) is 0 Å². The average molecular weight is 502 g/mol. The van der Waals surface area contributed by atoms with Crippen LogP contribution in [-0.2, 0) is 11.2 Å². The molecule has 186 valence electrons. The molecule has 2 atom stereocenters. The van der Waals surface area contributed by atoms with Gasteiger partial charge in [0.05, 0.1) is 11.7 Å². The molecule has 0 amide bonds. The van der Waals surface area contributed by atoms with E-state index in [1.54, 1.807) is 0 Å². The summed E-state index contributed by atoms with van der Waals surface area (Å²) in [5.74, 6) is -0.355. The fourth-order valence-electron chi connectivity index (χ4n) is 4.07. The molecule has 4 nitrogen and oxygen atoms in total. The Hall–Kier alpha value is -3.44. The van der Waals surface area contributed by atoms with Crippen LogP contribution in [0.5, 0.6) is 0 Å². The standard InChI is InChI=1S/C31H31NO3.ClH/c1-23(32-22-29(33)25-11-5-2-6-12-25)21-24-17-19-28(20-18-24)31(34)35-30(26-13-7-3-8-14-26)27-15-9-4-10-16-27;/h2-20,23,29-30,32-33H,21-22H2,1H3;1H. The first-order valence-corrected chi connectivity index (χ1v) is 12.0. The number of carbonyl (C=O) groups is 1. The molecule has 0 bridgehead atoms. The van der Waals surface area contributed by atoms with E-state index in [2.05, 4.69) is 12.2 Å². The average Bonchev–Trinajstić information content (AvgIpc) is 2.92. The molecule has 0 fully saturated rings. The van der Waals surface area contributed by atoms with E-state index < -0.39 is 12.2 Å². The highest BCUT2D eigenvalue weighted by molar-refractivity contribution is 5.89. The van der Waals surface area contributed by atoms with Crippen LogP contribution in [0.25, 0.3) is 0 Å². The number of halogens is 1. The highest BCUT2D eigenvalue weighted by atomic mass is 35.5. The molecule has 0 radical (unpaired) electrons. The van der Waals surface area contributed by atoms with Crippen LogP contribution in [0.2, 0.25) is 0 Å². The molecule has 5 heteroatoms. The summed E-state index contributed by atoms with van der Waals surface area (Å²) in [5, 5.41) is 13.7. The molecule has 0 spiro atoms. The van der Waals surface area contributed by atoms with E-state index in [4.69, 9.17) is 4.74 Å². The Morgan fingerprint density at radius 1 is 0.750 bits per heavy atom. The van der Waals surface area contributed by atoms with Gasteiger partial charge in [-0.2, -0.15) is 0 Å². The SMILES string of the molecule is CC(Cc1ccc(C(=O)OC(c2ccccc2)c2ccccc2)cc1)NCC(O)c1ccccc1.Cl. The number of aliphatic hydroxyl groups excluding tert-OH is 1. The minimum absolute atomic E-state index is 0. The van der Waals surface area contributed by atoms with E-state index in [9.17, 15) is 9.90 Å². The molecule has 0 saturated carbocycles. The lowest BCUT2D eigenvalue weighted by Crippen LogP contribution is -2.32. The van der Waals surface area contributed by atoms with Crippen LogP contribution in [0.1, 0.15) is 51.7 Å². The lowest BCUT2D eigenvalue weighted by Gasteiger charge is -2.19. The van der Waals surface area contributed by atoms with E-state index in [-0.39, 0.29) is 24.4 Å². The number of nitrogens with one attached hydrogen (secondary N) is 1. The number of hydrogen-bond donors (Lipinski definition) is 2. The summed E-state index contributed by atoms with van der Waals surface area (Å²) < 4.78 is 5.96. The number of hydrogen-bond acceptors (Lipinski definition) is 4. The van der Waals surface area contributed by atoms with Gasteiger partial charge in [0.15, 0.2) is 6.10 Å². The van der Waals surface area contributed by atoms with E-state index in [1.807, 2.05) is 115 Å². The van der Waals surface area contributed by atoms with E-state index in [1.165, 1.54) is 0 Å². The van der Waals surface area contributed by atoms with E-state index in [0.29, 0.717) is 12.1 Å². The number of benzene rings is 4. The van der Waals surface area contributed by atoms with Crippen molar-refractivity contribution in [3.05, 3.63) is 143 Å². The van der Waals surface area contributed by atoms with Gasteiger partial charge in [-0.25, -0.2) is 4.79 Å². The van der Waals surface area contributed by atoms with Gasteiger partial charge in [-0.1, -0.05) is 103 Å². The minimum atomic E-state index is -0.544. The van der Waals surface area contributed by atoms with Crippen molar-refractivity contribution in [2.24, 2.45) is 0 Å². The second-order valence-electron chi connectivity index (χ2n) is 8.74. The maximum absolute atomic E-state index is 13.0. The maximum Gasteiger partial charge on any atom is 0.339 e. The summed E-state index contributed by atoms with van der Waals surface area (Å²) in [7, 11) is 0. The highest BCUT2D eigenvalue weighted by Gasteiger charge is 2.20. The molecular weight excluding hydrogens is 470 g/mol. The summed E-state index contributed by atoms with van der Waals surface area (Å²) >= 11 is 0. The predicted octanol–water partition coefficient (Wildman–Crippen LogP) is 6.31. The molecule has 4 aromatic carbocycles. The number of rotatable bonds is 10. The Balaban J connectivity index is 0.00000361. The second kappa shape index (κ2) is 13.6. The second-order valence-corrected chi connectivity index (χ2v) is 8.74. The van der Waals surface area contributed by atoms with Crippen LogP contribution < -0.4 is 5.32 Å². The zero-order valence-electron chi connectivity index (χ0n) is 20.3. The minimum Gasteiger partial charge on any atom is -0.449 e. The third kappa shape index (κ3) is 7.53. The van der Waals surface area contributed by atoms with E-state index >= 15 is 0 Å². The summed E-state index contributed by atoms with van der Waals surface area (Å²) in [5.41, 5.74) is 4.39. The van der Waals surface area contributed by atoms with Crippen LogP contribution >= 0.6 is 12.4 Å². The monoisotopic (exact) mass is 501 g/mol. The predicted molar refractivity (Wildman–Crippen MR) is 146 cm³/mol. The smallest absolute Gasteiger partial charge is 0.339 e. The fourth-order valence-corrected chi connectivity index (χ4v) is 4.07. The molecule has 36 heavy (non-hydrogen) atoms. The van der Waals surface area contributed by atoms with Crippen LogP contribution in [0.15, 0.2) is 115 Å². The van der Waals surface area contributed by atoms with Gasteiger partial charge in [-0.3, -0.25) is 0 Å². The van der Waals surface area contributed by atoms with Crippen molar-refractivity contribution in [1.82, 2.24) is 5.32 Å². The summed E-state index contributed by atoms with van der Waals surface area (Å²) in [6.45, 7) is 2.57.